The maximum absolute atomic E-state index is 11.6. The molecular weight excluding hydrogens is 333 g/mol. The zero-order chi connectivity index (χ0) is 19.6. The lowest BCUT2D eigenvalue weighted by molar-refractivity contribution is 0.00578. The lowest BCUT2D eigenvalue weighted by Gasteiger charge is -2.32. The van der Waals surface area contributed by atoms with Crippen LogP contribution in [-0.4, -0.2) is 43.2 Å². The number of hydrogen-bond acceptors (Lipinski definition) is 5. The summed E-state index contributed by atoms with van der Waals surface area (Å²) < 4.78 is 23.0. The summed E-state index contributed by atoms with van der Waals surface area (Å²) in [5, 5.41) is 2.67. The predicted molar refractivity (Wildman–Crippen MR) is 102 cm³/mol. The van der Waals surface area contributed by atoms with Crippen molar-refractivity contribution < 1.29 is 23.6 Å². The third-order valence-corrected chi connectivity index (χ3v) is 4.42. The van der Waals surface area contributed by atoms with Gasteiger partial charge >= 0.3 is 13.2 Å². The van der Waals surface area contributed by atoms with E-state index in [-0.39, 0.29) is 11.2 Å². The van der Waals surface area contributed by atoms with Crippen LogP contribution in [0.5, 0.6) is 5.75 Å². The first-order valence-corrected chi connectivity index (χ1v) is 8.95. The summed E-state index contributed by atoms with van der Waals surface area (Å²) in [7, 11) is -0.427. The predicted octanol–water partition coefficient (Wildman–Crippen LogP) is 2.89. The number of alkyl carbamates (subject to hydrolysis) is 1. The molecule has 0 radical (unpaired) electrons. The van der Waals surface area contributed by atoms with Crippen LogP contribution in [0, 0.1) is 0 Å². The molecule has 1 N–H and O–H groups in total. The summed E-state index contributed by atoms with van der Waals surface area (Å²) in [6.45, 7) is 14.3. The Balaban J connectivity index is 1.86. The first-order chi connectivity index (χ1) is 11.9. The summed E-state index contributed by atoms with van der Waals surface area (Å²) in [4.78, 5) is 11.6. The molecule has 0 atom stereocenters. The van der Waals surface area contributed by atoms with Crippen molar-refractivity contribution in [3.63, 3.8) is 0 Å². The molecule has 2 rings (SSSR count). The average Bonchev–Trinajstić information content (AvgIpc) is 2.71. The van der Waals surface area contributed by atoms with E-state index in [0.29, 0.717) is 18.9 Å². The van der Waals surface area contributed by atoms with Gasteiger partial charge in [0.2, 0.25) is 0 Å². The fourth-order valence-electron chi connectivity index (χ4n) is 2.37. The molecule has 1 aliphatic rings. The Labute approximate surface area is 156 Å². The van der Waals surface area contributed by atoms with Crippen molar-refractivity contribution >= 4 is 18.7 Å². The average molecular weight is 363 g/mol. The minimum Gasteiger partial charge on any atom is -0.492 e. The molecule has 7 heteroatoms. The van der Waals surface area contributed by atoms with Crippen molar-refractivity contribution in [2.45, 2.75) is 65.3 Å². The summed E-state index contributed by atoms with van der Waals surface area (Å²) in [5.41, 5.74) is -0.374. The van der Waals surface area contributed by atoms with Gasteiger partial charge in [-0.05, 0) is 66.1 Å². The molecule has 6 nitrogen and oxygen atoms in total. The van der Waals surface area contributed by atoms with Crippen molar-refractivity contribution in [2.24, 2.45) is 0 Å². The normalized spacial score (nSPS) is 18.5. The summed E-state index contributed by atoms with van der Waals surface area (Å²) in [5.74, 6) is 0.697. The van der Waals surface area contributed by atoms with Gasteiger partial charge in [0, 0.05) is 0 Å². The van der Waals surface area contributed by atoms with E-state index in [2.05, 4.69) is 5.32 Å². The second-order valence-electron chi connectivity index (χ2n) is 8.44. The number of rotatable bonds is 5. The van der Waals surface area contributed by atoms with Gasteiger partial charge in [-0.25, -0.2) is 4.79 Å². The van der Waals surface area contributed by atoms with Crippen molar-refractivity contribution in [3.8, 4) is 5.75 Å². The van der Waals surface area contributed by atoms with E-state index in [1.54, 1.807) is 0 Å². The fraction of sp³-hybridized carbons (Fsp3) is 0.632. The maximum Gasteiger partial charge on any atom is 0.494 e. The SMILES string of the molecule is CC(C)(C)OC(=O)NCCOc1cccc(B2OC(C)(C)C(C)(C)O2)c1. The molecule has 1 aromatic carbocycles. The molecule has 1 heterocycles. The number of benzene rings is 1. The molecule has 0 bridgehead atoms. The molecule has 26 heavy (non-hydrogen) atoms. The third-order valence-electron chi connectivity index (χ3n) is 4.42. The molecular formula is C19H30BNO5. The first-order valence-electron chi connectivity index (χ1n) is 8.95. The van der Waals surface area contributed by atoms with Crippen LogP contribution in [0.2, 0.25) is 0 Å². The fourth-order valence-corrected chi connectivity index (χ4v) is 2.37. The van der Waals surface area contributed by atoms with Crippen LogP contribution in [0.3, 0.4) is 0 Å². The summed E-state index contributed by atoms with van der Waals surface area (Å²) in [6.07, 6.45) is -0.452. The van der Waals surface area contributed by atoms with E-state index in [4.69, 9.17) is 18.8 Å². The lowest BCUT2D eigenvalue weighted by Crippen LogP contribution is -2.41. The number of carbonyl (C=O) groups excluding carboxylic acids is 1. The van der Waals surface area contributed by atoms with E-state index in [0.717, 1.165) is 5.46 Å². The second kappa shape index (κ2) is 7.49. The highest BCUT2D eigenvalue weighted by Gasteiger charge is 2.51. The molecule has 0 saturated carbocycles. The van der Waals surface area contributed by atoms with Gasteiger partial charge in [0.05, 0.1) is 17.7 Å². The van der Waals surface area contributed by atoms with E-state index in [1.165, 1.54) is 0 Å². The van der Waals surface area contributed by atoms with Crippen molar-refractivity contribution in [1.29, 1.82) is 0 Å². The van der Waals surface area contributed by atoms with Gasteiger partial charge in [0.15, 0.2) is 0 Å². The molecule has 144 valence electrons. The molecule has 0 aliphatic carbocycles. The quantitative estimate of drug-likeness (QED) is 0.644. The van der Waals surface area contributed by atoms with Crippen molar-refractivity contribution in [2.75, 3.05) is 13.2 Å². The number of nitrogens with one attached hydrogen (secondary N) is 1. The van der Waals surface area contributed by atoms with Crippen LogP contribution in [-0.2, 0) is 14.0 Å². The Bertz CT molecular complexity index is 623. The van der Waals surface area contributed by atoms with Crippen LogP contribution in [0.25, 0.3) is 0 Å². The highest BCUT2D eigenvalue weighted by Crippen LogP contribution is 2.36. The minimum absolute atomic E-state index is 0.339. The smallest absolute Gasteiger partial charge is 0.492 e. The Hall–Kier alpha value is -1.73. The number of ether oxygens (including phenoxy) is 2. The van der Waals surface area contributed by atoms with Crippen LogP contribution >= 0.6 is 0 Å². The van der Waals surface area contributed by atoms with Crippen LogP contribution < -0.4 is 15.5 Å². The first kappa shape index (κ1) is 20.6. The Kier molecular flexibility index (Phi) is 5.93. The molecule has 1 aromatic rings. The highest BCUT2D eigenvalue weighted by atomic mass is 16.7. The van der Waals surface area contributed by atoms with Gasteiger partial charge in [-0.1, -0.05) is 12.1 Å². The van der Waals surface area contributed by atoms with Gasteiger partial charge in [-0.2, -0.15) is 0 Å². The van der Waals surface area contributed by atoms with Crippen LogP contribution in [0.15, 0.2) is 24.3 Å². The topological polar surface area (TPSA) is 66.0 Å². The number of carbonyl (C=O) groups is 1. The zero-order valence-electron chi connectivity index (χ0n) is 16.8. The zero-order valence-corrected chi connectivity index (χ0v) is 16.8. The highest BCUT2D eigenvalue weighted by molar-refractivity contribution is 6.62. The Morgan fingerprint density at radius 3 is 2.35 bits per heavy atom. The summed E-state index contributed by atoms with van der Waals surface area (Å²) >= 11 is 0. The molecule has 0 spiro atoms. The van der Waals surface area contributed by atoms with Gasteiger partial charge in [-0.15, -0.1) is 0 Å². The third kappa shape index (κ3) is 5.38. The van der Waals surface area contributed by atoms with E-state index in [1.807, 2.05) is 72.7 Å². The van der Waals surface area contributed by atoms with Crippen LogP contribution in [0.4, 0.5) is 4.79 Å². The van der Waals surface area contributed by atoms with E-state index >= 15 is 0 Å². The largest absolute Gasteiger partial charge is 0.494 e. The Morgan fingerprint density at radius 1 is 1.15 bits per heavy atom. The van der Waals surface area contributed by atoms with Gasteiger partial charge in [0.25, 0.3) is 0 Å². The molecule has 0 unspecified atom stereocenters. The van der Waals surface area contributed by atoms with E-state index in [9.17, 15) is 4.79 Å². The second-order valence-corrected chi connectivity index (χ2v) is 8.44. The van der Waals surface area contributed by atoms with E-state index < -0.39 is 18.8 Å². The molecule has 1 saturated heterocycles. The molecule has 1 aliphatic heterocycles. The maximum atomic E-state index is 11.6. The lowest BCUT2D eigenvalue weighted by atomic mass is 9.79. The molecule has 1 amide bonds. The van der Waals surface area contributed by atoms with Gasteiger partial charge < -0.3 is 24.1 Å². The standard InChI is InChI=1S/C19H30BNO5/c1-17(2,3)24-16(22)21-11-12-23-15-10-8-9-14(13-15)20-25-18(4,5)19(6,7)26-20/h8-10,13H,11-12H2,1-7H3,(H,21,22). The van der Waals surface area contributed by atoms with Crippen LogP contribution in [0.1, 0.15) is 48.5 Å². The Morgan fingerprint density at radius 2 is 1.77 bits per heavy atom. The summed E-state index contributed by atoms with van der Waals surface area (Å²) in [6, 6.07) is 7.61. The van der Waals surface area contributed by atoms with Crippen molar-refractivity contribution in [1.82, 2.24) is 5.32 Å². The minimum atomic E-state index is -0.512. The number of hydrogen-bond donors (Lipinski definition) is 1. The number of amides is 1. The molecule has 0 aromatic heterocycles. The van der Waals surface area contributed by atoms with Crippen molar-refractivity contribution in [3.05, 3.63) is 24.3 Å². The van der Waals surface area contributed by atoms with Gasteiger partial charge in [0.1, 0.15) is 18.0 Å². The van der Waals surface area contributed by atoms with Gasteiger partial charge in [-0.3, -0.25) is 0 Å². The monoisotopic (exact) mass is 363 g/mol. The molecule has 1 fully saturated rings.